The van der Waals surface area contributed by atoms with E-state index in [0.29, 0.717) is 10.7 Å². The second-order valence-electron chi connectivity index (χ2n) is 6.49. The summed E-state index contributed by atoms with van der Waals surface area (Å²) in [6.07, 6.45) is 3.03. The molecule has 1 aliphatic rings. The van der Waals surface area contributed by atoms with Crippen LogP contribution in [0.25, 0.3) is 4.85 Å². The molecule has 0 aromatic carbocycles. The number of pyridine rings is 1. The van der Waals surface area contributed by atoms with Crippen LogP contribution in [0.15, 0.2) is 23.6 Å². The van der Waals surface area contributed by atoms with E-state index in [1.165, 1.54) is 0 Å². The number of anilines is 1. The highest BCUT2D eigenvalue weighted by atomic mass is 16.7. The normalized spacial score (nSPS) is 16.8. The van der Waals surface area contributed by atoms with Gasteiger partial charge in [0.25, 0.3) is 0 Å². The van der Waals surface area contributed by atoms with E-state index >= 15 is 0 Å². The lowest BCUT2D eigenvalue weighted by Crippen LogP contribution is -2.41. The molecule has 0 amide bonds. The molecule has 2 rings (SSSR count). The minimum atomic E-state index is -0.360. The van der Waals surface area contributed by atoms with Crippen LogP contribution in [0.1, 0.15) is 33.6 Å². The van der Waals surface area contributed by atoms with E-state index < -0.39 is 0 Å². The zero-order valence-corrected chi connectivity index (χ0v) is 13.7. The summed E-state index contributed by atoms with van der Waals surface area (Å²) in [5.74, 6) is 0.854. The van der Waals surface area contributed by atoms with E-state index in [1.54, 1.807) is 12.3 Å². The molecule has 0 aliphatic carbocycles. The first-order chi connectivity index (χ1) is 10.9. The Morgan fingerprint density at radius 1 is 1.43 bits per heavy atom. The average Bonchev–Trinajstić information content (AvgIpc) is 2.52. The predicted octanol–water partition coefficient (Wildman–Crippen LogP) is 2.80. The third-order valence-electron chi connectivity index (χ3n) is 3.33. The lowest BCUT2D eigenvalue weighted by atomic mass is 10.1. The fraction of sp³-hybridized carbons (Fsp3) is 0.600. The molecule has 0 spiro atoms. The number of hydrogen-bond donors (Lipinski definition) is 1. The number of aromatic nitrogens is 1. The van der Waals surface area contributed by atoms with Gasteiger partial charge in [-0.1, -0.05) is 6.07 Å². The first kappa shape index (κ1) is 16.8. The van der Waals surface area contributed by atoms with E-state index in [9.17, 15) is 5.21 Å². The topological polar surface area (TPSA) is 80.2 Å². The van der Waals surface area contributed by atoms with Gasteiger partial charge in [-0.3, -0.25) is 4.98 Å². The molecule has 124 valence electrons. The van der Waals surface area contributed by atoms with Gasteiger partial charge in [-0.05, 0) is 26.8 Å². The van der Waals surface area contributed by atoms with E-state index in [-0.39, 0.29) is 11.6 Å². The van der Waals surface area contributed by atoms with Crippen molar-refractivity contribution in [2.24, 2.45) is 5.28 Å². The first-order valence-corrected chi connectivity index (χ1v) is 7.58. The van der Waals surface area contributed by atoms with Crippen LogP contribution in [0.3, 0.4) is 0 Å². The molecule has 0 radical (unpaired) electrons. The highest BCUT2D eigenvalue weighted by molar-refractivity contribution is 5.49. The molecular weight excluding hydrogens is 296 g/mol. The van der Waals surface area contributed by atoms with Crippen LogP contribution in [0.2, 0.25) is 0 Å². The minimum absolute atomic E-state index is 0.0769. The number of hydrogen-bond acceptors (Lipinski definition) is 5. The Balaban J connectivity index is 1.81. The van der Waals surface area contributed by atoms with E-state index in [2.05, 4.69) is 25.4 Å². The minimum Gasteiger partial charge on any atom is -0.569 e. The monoisotopic (exact) mass is 318 g/mol. The summed E-state index contributed by atoms with van der Waals surface area (Å²) in [6, 6.07) is 3.62. The third kappa shape index (κ3) is 5.29. The zero-order valence-electron chi connectivity index (χ0n) is 13.7. The van der Waals surface area contributed by atoms with E-state index in [4.69, 9.17) is 11.4 Å². The number of piperidine rings is 1. The van der Waals surface area contributed by atoms with Gasteiger partial charge in [0, 0.05) is 32.1 Å². The first-order valence-electron chi connectivity index (χ1n) is 7.58. The van der Waals surface area contributed by atoms with Gasteiger partial charge >= 0.3 is 0 Å². The standard InChI is InChI=1S/C15H22N6O2/c1-15(2,3)18-21(22)19-23-13-7-9-20(10-8-13)14-6-5-12(16-4)11-17-14/h5-6,11,13H,7-10H2,1-3H3,(H,18,19). The van der Waals surface area contributed by atoms with Gasteiger partial charge in [0.05, 0.1) is 17.1 Å². The summed E-state index contributed by atoms with van der Waals surface area (Å²) < 4.78 is 0. The molecule has 0 unspecified atom stereocenters. The van der Waals surface area contributed by atoms with Gasteiger partial charge in [-0.25, -0.2) is 4.85 Å². The molecule has 8 nitrogen and oxygen atoms in total. The van der Waals surface area contributed by atoms with Crippen molar-refractivity contribution in [2.45, 2.75) is 45.3 Å². The second kappa shape index (κ2) is 7.13. The summed E-state index contributed by atoms with van der Waals surface area (Å²) >= 11 is 0. The molecule has 1 fully saturated rings. The molecule has 0 bridgehead atoms. The van der Waals surface area contributed by atoms with Crippen LogP contribution in [0.4, 0.5) is 11.5 Å². The van der Waals surface area contributed by atoms with Crippen molar-refractivity contribution in [2.75, 3.05) is 18.0 Å². The SMILES string of the molecule is [C-]#[N+]c1ccc(N2CCC(O/N=[N+](\[O-])NC(C)(C)C)CC2)nc1. The van der Waals surface area contributed by atoms with Crippen molar-refractivity contribution in [3.63, 3.8) is 0 Å². The van der Waals surface area contributed by atoms with E-state index in [0.717, 1.165) is 31.7 Å². The summed E-state index contributed by atoms with van der Waals surface area (Å²) in [5, 5.41) is 15.1. The Morgan fingerprint density at radius 2 is 2.13 bits per heavy atom. The van der Waals surface area contributed by atoms with Gasteiger partial charge in [-0.2, -0.15) is 5.43 Å². The molecule has 1 aliphatic heterocycles. The summed E-state index contributed by atoms with van der Waals surface area (Å²) in [6.45, 7) is 14.1. The van der Waals surface area contributed by atoms with Crippen molar-refractivity contribution in [3.8, 4) is 0 Å². The van der Waals surface area contributed by atoms with Crippen molar-refractivity contribution in [3.05, 3.63) is 35.0 Å². The zero-order chi connectivity index (χ0) is 16.9. The van der Waals surface area contributed by atoms with Gasteiger partial charge in [0.2, 0.25) is 11.0 Å². The highest BCUT2D eigenvalue weighted by Crippen LogP contribution is 2.21. The fourth-order valence-electron chi connectivity index (χ4n) is 2.24. The van der Waals surface area contributed by atoms with Gasteiger partial charge in [0.15, 0.2) is 0 Å². The maximum absolute atomic E-state index is 11.5. The quantitative estimate of drug-likeness (QED) is 0.399. The Morgan fingerprint density at radius 3 is 2.65 bits per heavy atom. The fourth-order valence-corrected chi connectivity index (χ4v) is 2.24. The molecule has 1 aromatic rings. The maximum atomic E-state index is 11.5. The molecule has 8 heteroatoms. The number of nitrogens with one attached hydrogen (secondary N) is 1. The maximum Gasteiger partial charge on any atom is 0.233 e. The molecule has 1 N–H and O–H groups in total. The molecule has 1 aromatic heterocycles. The van der Waals surface area contributed by atoms with Crippen LogP contribution in [-0.2, 0) is 4.84 Å². The van der Waals surface area contributed by atoms with Crippen molar-refractivity contribution in [1.82, 2.24) is 10.4 Å². The summed E-state index contributed by atoms with van der Waals surface area (Å²) in [7, 11) is 0. The number of hydrazine groups is 1. The number of rotatable bonds is 4. The average molecular weight is 318 g/mol. The Hall–Kier alpha value is -2.56. The van der Waals surface area contributed by atoms with Crippen LogP contribution >= 0.6 is 0 Å². The van der Waals surface area contributed by atoms with Crippen molar-refractivity contribution in [1.29, 1.82) is 0 Å². The van der Waals surface area contributed by atoms with Crippen molar-refractivity contribution < 1.29 is 9.81 Å². The summed E-state index contributed by atoms with van der Waals surface area (Å²) in [4.78, 5) is 15.4. The highest BCUT2D eigenvalue weighted by Gasteiger charge is 2.23. The van der Waals surface area contributed by atoms with Gasteiger partial charge in [-0.15, -0.1) is 0 Å². The van der Waals surface area contributed by atoms with Crippen LogP contribution < -0.4 is 10.3 Å². The molecular formula is C15H22N6O2. The second-order valence-corrected chi connectivity index (χ2v) is 6.49. The van der Waals surface area contributed by atoms with Crippen molar-refractivity contribution >= 4 is 11.5 Å². The van der Waals surface area contributed by atoms with Gasteiger partial charge in [0.1, 0.15) is 11.9 Å². The molecule has 0 atom stereocenters. The Bertz CT molecular complexity index is 579. The third-order valence-corrected chi connectivity index (χ3v) is 3.33. The molecule has 0 saturated carbocycles. The van der Waals surface area contributed by atoms with E-state index in [1.807, 2.05) is 26.8 Å². The molecule has 23 heavy (non-hydrogen) atoms. The van der Waals surface area contributed by atoms with Gasteiger partial charge < -0.3 is 14.9 Å². The van der Waals surface area contributed by atoms with Crippen LogP contribution in [-0.4, -0.2) is 34.7 Å². The Labute approximate surface area is 136 Å². The Kier molecular flexibility index (Phi) is 5.21. The van der Waals surface area contributed by atoms with Crippen LogP contribution in [0.5, 0.6) is 0 Å². The lowest BCUT2D eigenvalue weighted by Gasteiger charge is -2.31. The predicted molar refractivity (Wildman–Crippen MR) is 85.8 cm³/mol. The number of nitrogens with zero attached hydrogens (tertiary/aromatic N) is 5. The molecule has 2 heterocycles. The lowest BCUT2D eigenvalue weighted by molar-refractivity contribution is -0.626. The summed E-state index contributed by atoms with van der Waals surface area (Å²) in [5.41, 5.74) is 2.82. The smallest absolute Gasteiger partial charge is 0.233 e. The largest absolute Gasteiger partial charge is 0.569 e. The van der Waals surface area contributed by atoms with Crippen LogP contribution in [0, 0.1) is 11.8 Å². The molecule has 1 saturated heterocycles.